The minimum atomic E-state index is -0.281. The first-order chi connectivity index (χ1) is 14.1. The average Bonchev–Trinajstić information content (AvgIpc) is 2.72. The van der Waals surface area contributed by atoms with E-state index in [0.29, 0.717) is 18.7 Å². The Hall–Kier alpha value is -3.02. The predicted octanol–water partition coefficient (Wildman–Crippen LogP) is 4.73. The van der Waals surface area contributed by atoms with Crippen molar-refractivity contribution in [2.45, 2.75) is 45.4 Å². The molecule has 4 rings (SSSR count). The third kappa shape index (κ3) is 4.36. The zero-order chi connectivity index (χ0) is 20.2. The van der Waals surface area contributed by atoms with Crippen LogP contribution in [0.4, 0.5) is 21.9 Å². The van der Waals surface area contributed by atoms with E-state index in [4.69, 9.17) is 4.74 Å². The highest BCUT2D eigenvalue weighted by Crippen LogP contribution is 2.37. The Morgan fingerprint density at radius 1 is 1.03 bits per heavy atom. The number of ether oxygens (including phenoxy) is 1. The first-order valence-electron chi connectivity index (χ1n) is 10.4. The minimum Gasteiger partial charge on any atom is -0.494 e. The van der Waals surface area contributed by atoms with Crippen molar-refractivity contribution in [2.75, 3.05) is 28.7 Å². The number of urea groups is 1. The number of unbranched alkanes of at least 4 members (excludes halogenated alkanes) is 1. The maximum atomic E-state index is 12.5. The van der Waals surface area contributed by atoms with Gasteiger partial charge in [-0.15, -0.1) is 0 Å². The van der Waals surface area contributed by atoms with Crippen molar-refractivity contribution >= 4 is 29.0 Å². The van der Waals surface area contributed by atoms with Gasteiger partial charge in [0.15, 0.2) is 0 Å². The van der Waals surface area contributed by atoms with Crippen LogP contribution < -0.4 is 20.3 Å². The fraction of sp³-hybridized carbons (Fsp3) is 0.391. The minimum absolute atomic E-state index is 0.207. The highest BCUT2D eigenvalue weighted by molar-refractivity contribution is 6.01. The van der Waals surface area contributed by atoms with Crippen LogP contribution in [0.25, 0.3) is 0 Å². The number of benzene rings is 2. The highest BCUT2D eigenvalue weighted by atomic mass is 16.5. The fourth-order valence-electron chi connectivity index (χ4n) is 3.99. The average molecular weight is 393 g/mol. The van der Waals surface area contributed by atoms with Gasteiger partial charge in [-0.25, -0.2) is 4.79 Å². The van der Waals surface area contributed by atoms with Crippen molar-refractivity contribution in [1.82, 2.24) is 0 Å². The Morgan fingerprint density at radius 3 is 2.52 bits per heavy atom. The Kier molecular flexibility index (Phi) is 5.69. The maximum absolute atomic E-state index is 12.5. The van der Waals surface area contributed by atoms with Crippen molar-refractivity contribution in [3.8, 4) is 5.75 Å². The van der Waals surface area contributed by atoms with E-state index in [2.05, 4.69) is 17.6 Å². The number of rotatable bonds is 6. The van der Waals surface area contributed by atoms with Gasteiger partial charge < -0.3 is 20.3 Å². The number of aryl methyl sites for hydroxylation is 2. The summed E-state index contributed by atoms with van der Waals surface area (Å²) in [5, 5.41) is 5.80. The molecule has 152 valence electrons. The molecule has 0 saturated carbocycles. The molecule has 3 amide bonds. The molecule has 0 bridgehead atoms. The summed E-state index contributed by atoms with van der Waals surface area (Å²) in [5.41, 5.74) is 4.84. The van der Waals surface area contributed by atoms with Gasteiger partial charge in [0, 0.05) is 24.3 Å². The zero-order valence-corrected chi connectivity index (χ0v) is 16.8. The quantitative estimate of drug-likeness (QED) is 0.697. The van der Waals surface area contributed by atoms with E-state index >= 15 is 0 Å². The lowest BCUT2D eigenvalue weighted by atomic mass is 9.91. The summed E-state index contributed by atoms with van der Waals surface area (Å²) < 4.78 is 5.65. The first-order valence-corrected chi connectivity index (χ1v) is 10.4. The molecule has 0 fully saturated rings. The number of carbonyl (C=O) groups excluding carboxylic acids is 2. The molecule has 2 N–H and O–H groups in total. The Bertz CT molecular complexity index is 891. The van der Waals surface area contributed by atoms with Crippen LogP contribution in [0.3, 0.4) is 0 Å². The Balaban J connectivity index is 1.41. The molecule has 6 nitrogen and oxygen atoms in total. The van der Waals surface area contributed by atoms with Crippen molar-refractivity contribution in [3.63, 3.8) is 0 Å². The van der Waals surface area contributed by atoms with E-state index in [0.717, 1.165) is 66.9 Å². The molecule has 0 unspecified atom stereocenters. The van der Waals surface area contributed by atoms with Gasteiger partial charge in [0.2, 0.25) is 5.91 Å². The molecule has 2 aromatic carbocycles. The van der Waals surface area contributed by atoms with Gasteiger partial charge in [0.1, 0.15) is 5.75 Å². The molecule has 0 atom stereocenters. The molecule has 6 heteroatoms. The Labute approximate surface area is 171 Å². The summed E-state index contributed by atoms with van der Waals surface area (Å²) in [6.07, 6.45) is 5.28. The highest BCUT2D eigenvalue weighted by Gasteiger charge is 2.29. The molecular weight excluding hydrogens is 366 g/mol. The smallest absolute Gasteiger partial charge is 0.323 e. The van der Waals surface area contributed by atoms with Crippen molar-refractivity contribution < 1.29 is 14.3 Å². The second kappa shape index (κ2) is 8.55. The third-order valence-electron chi connectivity index (χ3n) is 5.41. The SMILES string of the molecule is CCCCOc1ccc(NC(=O)Nc2cc3c4c(c2)CCC(=O)N4CCC3)cc1. The van der Waals surface area contributed by atoms with Gasteiger partial charge >= 0.3 is 6.03 Å². The van der Waals surface area contributed by atoms with E-state index in [9.17, 15) is 9.59 Å². The lowest BCUT2D eigenvalue weighted by Gasteiger charge is -2.35. The van der Waals surface area contributed by atoms with Gasteiger partial charge in [-0.1, -0.05) is 13.3 Å². The molecule has 0 aliphatic carbocycles. The molecule has 0 radical (unpaired) electrons. The largest absolute Gasteiger partial charge is 0.494 e. The monoisotopic (exact) mass is 393 g/mol. The van der Waals surface area contributed by atoms with E-state index in [-0.39, 0.29) is 11.9 Å². The van der Waals surface area contributed by atoms with Crippen LogP contribution in [0.5, 0.6) is 5.75 Å². The van der Waals surface area contributed by atoms with Gasteiger partial charge in [-0.3, -0.25) is 4.79 Å². The first kappa shape index (κ1) is 19.3. The van der Waals surface area contributed by atoms with Crippen molar-refractivity contribution in [2.24, 2.45) is 0 Å². The molecular formula is C23H27N3O3. The molecule has 2 aromatic rings. The lowest BCUT2D eigenvalue weighted by molar-refractivity contribution is -0.119. The number of nitrogens with zero attached hydrogens (tertiary/aromatic N) is 1. The molecule has 0 spiro atoms. The summed E-state index contributed by atoms with van der Waals surface area (Å²) >= 11 is 0. The fourth-order valence-corrected chi connectivity index (χ4v) is 3.99. The van der Waals surface area contributed by atoms with E-state index in [1.165, 1.54) is 0 Å². The van der Waals surface area contributed by atoms with Crippen LogP contribution in [0.1, 0.15) is 43.7 Å². The maximum Gasteiger partial charge on any atom is 0.323 e. The van der Waals surface area contributed by atoms with Crippen LogP contribution in [-0.4, -0.2) is 25.1 Å². The molecule has 29 heavy (non-hydrogen) atoms. The summed E-state index contributed by atoms with van der Waals surface area (Å²) in [4.78, 5) is 26.5. The van der Waals surface area contributed by atoms with E-state index < -0.39 is 0 Å². The van der Waals surface area contributed by atoms with Crippen LogP contribution in [0.2, 0.25) is 0 Å². The van der Waals surface area contributed by atoms with Gasteiger partial charge in [-0.05, 0) is 73.2 Å². The second-order valence-corrected chi connectivity index (χ2v) is 7.60. The molecule has 0 aromatic heterocycles. The molecule has 2 aliphatic heterocycles. The summed E-state index contributed by atoms with van der Waals surface area (Å²) in [6.45, 7) is 3.62. The number of anilines is 3. The summed E-state index contributed by atoms with van der Waals surface area (Å²) in [6, 6.07) is 11.1. The number of amides is 3. The molecule has 2 heterocycles. The number of carbonyl (C=O) groups is 2. The van der Waals surface area contributed by atoms with Crippen LogP contribution >= 0.6 is 0 Å². The lowest BCUT2D eigenvalue weighted by Crippen LogP contribution is -2.39. The summed E-state index contributed by atoms with van der Waals surface area (Å²) in [7, 11) is 0. The molecule has 0 saturated heterocycles. The van der Waals surface area contributed by atoms with Crippen LogP contribution in [0, 0.1) is 0 Å². The van der Waals surface area contributed by atoms with E-state index in [1.807, 2.05) is 41.3 Å². The topological polar surface area (TPSA) is 70.7 Å². The number of nitrogens with one attached hydrogen (secondary N) is 2. The van der Waals surface area contributed by atoms with Crippen LogP contribution in [0.15, 0.2) is 36.4 Å². The predicted molar refractivity (Wildman–Crippen MR) is 115 cm³/mol. The molecule has 2 aliphatic rings. The van der Waals surface area contributed by atoms with E-state index in [1.54, 1.807) is 0 Å². The van der Waals surface area contributed by atoms with Gasteiger partial charge in [-0.2, -0.15) is 0 Å². The standard InChI is InChI=1S/C23H27N3O3/c1-2-3-13-29-20-9-7-18(8-10-20)24-23(28)25-19-14-16-5-4-12-26-21(27)11-6-17(15-19)22(16)26/h7-10,14-15H,2-6,11-13H2,1H3,(H2,24,25,28). The van der Waals surface area contributed by atoms with Crippen molar-refractivity contribution in [1.29, 1.82) is 0 Å². The van der Waals surface area contributed by atoms with Crippen molar-refractivity contribution in [3.05, 3.63) is 47.5 Å². The Morgan fingerprint density at radius 2 is 1.76 bits per heavy atom. The van der Waals surface area contributed by atoms with Gasteiger partial charge in [0.25, 0.3) is 0 Å². The number of hydrogen-bond acceptors (Lipinski definition) is 3. The van der Waals surface area contributed by atoms with Gasteiger partial charge in [0.05, 0.1) is 12.3 Å². The van der Waals surface area contributed by atoms with Crippen LogP contribution in [-0.2, 0) is 17.6 Å². The second-order valence-electron chi connectivity index (χ2n) is 7.60. The third-order valence-corrected chi connectivity index (χ3v) is 5.41. The summed E-state index contributed by atoms with van der Waals surface area (Å²) in [5.74, 6) is 1.01. The number of hydrogen-bond donors (Lipinski definition) is 2. The normalized spacial score (nSPS) is 14.9. The zero-order valence-electron chi connectivity index (χ0n) is 16.8.